The number of anilines is 1. The first kappa shape index (κ1) is 22.8. The molecule has 0 bridgehead atoms. The van der Waals surface area contributed by atoms with Crippen LogP contribution in [-0.4, -0.2) is 76.8 Å². The van der Waals surface area contributed by atoms with Gasteiger partial charge in [-0.25, -0.2) is 9.02 Å². The molecule has 2 unspecified atom stereocenters. The Kier molecular flexibility index (Phi) is 5.71. The van der Waals surface area contributed by atoms with Crippen molar-refractivity contribution in [2.45, 2.75) is 25.2 Å². The van der Waals surface area contributed by atoms with E-state index < -0.39 is 35.8 Å². The van der Waals surface area contributed by atoms with E-state index in [1.165, 1.54) is 10.9 Å². The Labute approximate surface area is 200 Å². The SMILES string of the molecule is NC(=O)c1nn(CC(=O)N2CC(F)CC2C(=O)Nc2nonc2O)c2ccc(-c3ccnnc3)cc12. The van der Waals surface area contributed by atoms with Crippen LogP contribution in [0.5, 0.6) is 5.88 Å². The van der Waals surface area contributed by atoms with E-state index >= 15 is 0 Å². The molecule has 5 rings (SSSR count). The molecule has 0 radical (unpaired) electrons. The number of aromatic hydroxyl groups is 1. The normalized spacial score (nSPS) is 17.4. The maximum atomic E-state index is 14.2. The van der Waals surface area contributed by atoms with Gasteiger partial charge in [0, 0.05) is 17.4 Å². The van der Waals surface area contributed by atoms with E-state index in [9.17, 15) is 23.9 Å². The quantitative estimate of drug-likeness (QED) is 0.334. The number of fused-ring (bicyclic) bond motifs is 1. The average Bonchev–Trinajstić information content (AvgIpc) is 3.56. The molecule has 2 atom stereocenters. The van der Waals surface area contributed by atoms with E-state index in [-0.39, 0.29) is 31.0 Å². The highest BCUT2D eigenvalue weighted by Crippen LogP contribution is 2.28. The zero-order valence-corrected chi connectivity index (χ0v) is 18.4. The first-order chi connectivity index (χ1) is 17.3. The van der Waals surface area contributed by atoms with Crippen LogP contribution in [0.2, 0.25) is 0 Å². The van der Waals surface area contributed by atoms with Gasteiger partial charge in [0.25, 0.3) is 11.8 Å². The second-order valence-corrected chi connectivity index (χ2v) is 8.05. The maximum absolute atomic E-state index is 14.2. The van der Waals surface area contributed by atoms with Crippen LogP contribution in [-0.2, 0) is 16.1 Å². The van der Waals surface area contributed by atoms with Crippen LogP contribution in [0.15, 0.2) is 41.3 Å². The van der Waals surface area contributed by atoms with Crippen LogP contribution in [0.25, 0.3) is 22.0 Å². The van der Waals surface area contributed by atoms with E-state index in [0.29, 0.717) is 10.9 Å². The molecule has 1 saturated heterocycles. The molecule has 0 saturated carbocycles. The lowest BCUT2D eigenvalue weighted by Gasteiger charge is -2.23. The van der Waals surface area contributed by atoms with Crippen molar-refractivity contribution in [3.8, 4) is 17.0 Å². The Bertz CT molecular complexity index is 1470. The maximum Gasteiger partial charge on any atom is 0.298 e. The molecule has 4 heterocycles. The van der Waals surface area contributed by atoms with Crippen LogP contribution >= 0.6 is 0 Å². The van der Waals surface area contributed by atoms with Gasteiger partial charge >= 0.3 is 0 Å². The molecule has 4 aromatic rings. The molecular formula is C21H18FN9O5. The summed E-state index contributed by atoms with van der Waals surface area (Å²) in [5.74, 6) is -3.17. The minimum atomic E-state index is -1.44. The van der Waals surface area contributed by atoms with Crippen molar-refractivity contribution in [2.75, 3.05) is 11.9 Å². The molecule has 15 heteroatoms. The summed E-state index contributed by atoms with van der Waals surface area (Å²) in [4.78, 5) is 39.0. The van der Waals surface area contributed by atoms with Gasteiger partial charge in [0.05, 0.1) is 24.5 Å². The molecule has 14 nitrogen and oxygen atoms in total. The van der Waals surface area contributed by atoms with Gasteiger partial charge in [-0.2, -0.15) is 15.3 Å². The fourth-order valence-corrected chi connectivity index (χ4v) is 4.11. The molecule has 4 N–H and O–H groups in total. The van der Waals surface area contributed by atoms with E-state index in [2.05, 4.69) is 35.6 Å². The molecular weight excluding hydrogens is 477 g/mol. The topological polar surface area (TPSA) is 195 Å². The molecule has 3 aromatic heterocycles. The summed E-state index contributed by atoms with van der Waals surface area (Å²) >= 11 is 0. The predicted molar refractivity (Wildman–Crippen MR) is 119 cm³/mol. The zero-order chi connectivity index (χ0) is 25.4. The molecule has 0 spiro atoms. The number of rotatable bonds is 6. The first-order valence-corrected chi connectivity index (χ1v) is 10.6. The van der Waals surface area contributed by atoms with Crippen molar-refractivity contribution in [2.24, 2.45) is 5.73 Å². The van der Waals surface area contributed by atoms with Crippen molar-refractivity contribution >= 4 is 34.4 Å². The van der Waals surface area contributed by atoms with Crippen LogP contribution in [0.3, 0.4) is 0 Å². The summed E-state index contributed by atoms with van der Waals surface area (Å²) in [6, 6.07) is 5.70. The number of nitrogens with one attached hydrogen (secondary N) is 1. The number of nitrogens with zero attached hydrogens (tertiary/aromatic N) is 7. The molecule has 184 valence electrons. The highest BCUT2D eigenvalue weighted by Gasteiger charge is 2.40. The number of primary amides is 1. The minimum Gasteiger partial charge on any atom is -0.488 e. The summed E-state index contributed by atoms with van der Waals surface area (Å²) in [5, 5.41) is 30.4. The fourth-order valence-electron chi connectivity index (χ4n) is 4.11. The average molecular weight is 495 g/mol. The Morgan fingerprint density at radius 3 is 2.72 bits per heavy atom. The number of aromatic nitrogens is 6. The summed E-state index contributed by atoms with van der Waals surface area (Å²) in [7, 11) is 0. The number of likely N-dealkylation sites (tertiary alicyclic amines) is 1. The number of carbonyl (C=O) groups is 3. The molecule has 1 aliphatic heterocycles. The number of carbonyl (C=O) groups excluding carboxylic acids is 3. The second kappa shape index (κ2) is 9.01. The van der Waals surface area contributed by atoms with E-state index in [1.54, 1.807) is 30.5 Å². The molecule has 1 fully saturated rings. The largest absolute Gasteiger partial charge is 0.488 e. The van der Waals surface area contributed by atoms with Gasteiger partial charge in [-0.1, -0.05) is 6.07 Å². The number of benzene rings is 1. The summed E-state index contributed by atoms with van der Waals surface area (Å²) in [5.41, 5.74) is 7.39. The van der Waals surface area contributed by atoms with Crippen molar-refractivity contribution in [1.82, 2.24) is 35.2 Å². The number of halogens is 1. The third kappa shape index (κ3) is 4.17. The Hall–Kier alpha value is -4.95. The van der Waals surface area contributed by atoms with Gasteiger partial charge < -0.3 is 21.1 Å². The number of hydrogen-bond acceptors (Lipinski definition) is 10. The lowest BCUT2D eigenvalue weighted by atomic mass is 10.0. The van der Waals surface area contributed by atoms with Crippen LogP contribution < -0.4 is 11.1 Å². The van der Waals surface area contributed by atoms with Gasteiger partial charge in [-0.3, -0.25) is 19.1 Å². The third-order valence-electron chi connectivity index (χ3n) is 5.77. The Morgan fingerprint density at radius 2 is 2.03 bits per heavy atom. The Balaban J connectivity index is 1.42. The van der Waals surface area contributed by atoms with Crippen molar-refractivity contribution in [3.05, 3.63) is 42.4 Å². The molecule has 0 aliphatic carbocycles. The zero-order valence-electron chi connectivity index (χ0n) is 18.4. The van der Waals surface area contributed by atoms with Gasteiger partial charge in [0.1, 0.15) is 18.8 Å². The minimum absolute atomic E-state index is 0.0465. The number of nitrogens with two attached hydrogens (primary N) is 1. The van der Waals surface area contributed by atoms with E-state index in [1.807, 2.05) is 0 Å². The highest BCUT2D eigenvalue weighted by atomic mass is 19.1. The molecule has 36 heavy (non-hydrogen) atoms. The molecule has 1 aromatic carbocycles. The van der Waals surface area contributed by atoms with Crippen molar-refractivity contribution in [3.63, 3.8) is 0 Å². The lowest BCUT2D eigenvalue weighted by Crippen LogP contribution is -2.44. The smallest absolute Gasteiger partial charge is 0.298 e. The van der Waals surface area contributed by atoms with E-state index in [4.69, 9.17) is 5.73 Å². The summed E-state index contributed by atoms with van der Waals surface area (Å²) in [6.45, 7) is -0.700. The third-order valence-corrected chi connectivity index (χ3v) is 5.77. The summed E-state index contributed by atoms with van der Waals surface area (Å²) in [6.07, 6.45) is 1.39. The molecule has 1 aliphatic rings. The second-order valence-electron chi connectivity index (χ2n) is 8.05. The molecule has 3 amide bonds. The Morgan fingerprint density at radius 1 is 1.19 bits per heavy atom. The van der Waals surface area contributed by atoms with Crippen molar-refractivity contribution in [1.29, 1.82) is 0 Å². The standard InChI is InChI=1S/C21H18FN9O5/c22-12-6-15(20(34)26-19-21(35)29-36-28-19)30(8-12)16(32)9-31-14-2-1-10(11-3-4-24-25-7-11)5-13(14)17(27-31)18(23)33/h1-5,7,12,15H,6,8-9H2,(H2,23,33)(H,29,35)(H,26,28,34). The van der Waals surface area contributed by atoms with Gasteiger partial charge in [-0.15, -0.1) is 0 Å². The lowest BCUT2D eigenvalue weighted by molar-refractivity contribution is -0.137. The number of alkyl halides is 1. The van der Waals surface area contributed by atoms with Crippen LogP contribution in [0.4, 0.5) is 10.2 Å². The number of amides is 3. The van der Waals surface area contributed by atoms with Crippen LogP contribution in [0, 0.1) is 0 Å². The monoisotopic (exact) mass is 495 g/mol. The fraction of sp³-hybridized carbons (Fsp3) is 0.238. The van der Waals surface area contributed by atoms with Gasteiger partial charge in [-0.05, 0) is 34.1 Å². The van der Waals surface area contributed by atoms with Crippen LogP contribution in [0.1, 0.15) is 16.9 Å². The van der Waals surface area contributed by atoms with Gasteiger partial charge in [0.2, 0.25) is 17.6 Å². The number of hydrogen-bond donors (Lipinski definition) is 3. The summed E-state index contributed by atoms with van der Waals surface area (Å²) < 4.78 is 19.8. The predicted octanol–water partition coefficient (Wildman–Crippen LogP) is 0.258. The van der Waals surface area contributed by atoms with E-state index in [0.717, 1.165) is 16.0 Å². The first-order valence-electron chi connectivity index (χ1n) is 10.6. The highest BCUT2D eigenvalue weighted by molar-refractivity contribution is 6.05. The van der Waals surface area contributed by atoms with Gasteiger partial charge in [0.15, 0.2) is 5.69 Å². The van der Waals surface area contributed by atoms with Crippen molar-refractivity contribution < 1.29 is 28.5 Å².